The number of anilines is 3. The number of halogens is 4. The number of hydrogen-bond acceptors (Lipinski definition) is 6. The second kappa shape index (κ2) is 9.17. The van der Waals surface area contributed by atoms with Crippen molar-refractivity contribution in [3.05, 3.63) is 72.4 Å². The predicted octanol–water partition coefficient (Wildman–Crippen LogP) is 5.72. The minimum absolute atomic E-state index is 0.0513. The van der Waals surface area contributed by atoms with Gasteiger partial charge in [0.25, 0.3) is 5.91 Å². The standard InChI is InChI=1S/C23H19F4N5O2S/c1-22(2)20(33)32(16-4-6-17(7-5-16)35-23(25,26)27)21(34)31(22)13-14-9-10-28-19(11-14)30-15-3-8-18(24)29-12-15/h3-12H,13H2,1-2H3,(H,28,30). The Kier molecular flexibility index (Phi) is 6.41. The Labute approximate surface area is 202 Å². The van der Waals surface area contributed by atoms with Crippen molar-refractivity contribution < 1.29 is 27.2 Å². The van der Waals surface area contributed by atoms with E-state index < -0.39 is 28.9 Å². The van der Waals surface area contributed by atoms with Crippen LogP contribution in [0, 0.1) is 5.95 Å². The molecule has 1 aromatic carbocycles. The van der Waals surface area contributed by atoms with Gasteiger partial charge in [0.2, 0.25) is 5.95 Å². The Hall–Kier alpha value is -3.67. The minimum atomic E-state index is -4.44. The Balaban J connectivity index is 1.53. The fourth-order valence-corrected chi connectivity index (χ4v) is 4.09. The van der Waals surface area contributed by atoms with Gasteiger partial charge in [0.1, 0.15) is 11.4 Å². The summed E-state index contributed by atoms with van der Waals surface area (Å²) in [5.41, 5.74) is -4.27. The zero-order valence-corrected chi connectivity index (χ0v) is 19.3. The molecule has 7 nitrogen and oxygen atoms in total. The quantitative estimate of drug-likeness (QED) is 0.200. The van der Waals surface area contributed by atoms with Crippen LogP contribution in [0.25, 0.3) is 0 Å². The van der Waals surface area contributed by atoms with Crippen molar-refractivity contribution in [1.82, 2.24) is 14.9 Å². The number of amides is 3. The number of carbonyl (C=O) groups is 2. The number of thioether (sulfide) groups is 1. The number of aromatic nitrogens is 2. The van der Waals surface area contributed by atoms with E-state index in [0.29, 0.717) is 17.1 Å². The molecule has 0 spiro atoms. The highest BCUT2D eigenvalue weighted by molar-refractivity contribution is 8.00. The van der Waals surface area contributed by atoms with Crippen LogP contribution < -0.4 is 10.2 Å². The number of nitrogens with one attached hydrogen (secondary N) is 1. The second-order valence-electron chi connectivity index (χ2n) is 8.15. The van der Waals surface area contributed by atoms with Crippen LogP contribution in [0.3, 0.4) is 0 Å². The van der Waals surface area contributed by atoms with Crippen molar-refractivity contribution in [2.24, 2.45) is 0 Å². The van der Waals surface area contributed by atoms with E-state index in [1.165, 1.54) is 53.7 Å². The minimum Gasteiger partial charge on any atom is -0.339 e. The van der Waals surface area contributed by atoms with Crippen LogP contribution in [0.2, 0.25) is 0 Å². The van der Waals surface area contributed by atoms with Crippen molar-refractivity contribution in [3.63, 3.8) is 0 Å². The highest BCUT2D eigenvalue weighted by atomic mass is 32.2. The summed E-state index contributed by atoms with van der Waals surface area (Å²) >= 11 is -0.275. The summed E-state index contributed by atoms with van der Waals surface area (Å²) in [7, 11) is 0. The molecule has 1 saturated heterocycles. The van der Waals surface area contributed by atoms with Crippen LogP contribution in [-0.4, -0.2) is 37.9 Å². The summed E-state index contributed by atoms with van der Waals surface area (Å²) in [6.45, 7) is 3.28. The van der Waals surface area contributed by atoms with Crippen LogP contribution >= 0.6 is 11.8 Å². The normalized spacial score (nSPS) is 15.6. The van der Waals surface area contributed by atoms with E-state index in [2.05, 4.69) is 15.3 Å². The van der Waals surface area contributed by atoms with Gasteiger partial charge in [-0.3, -0.25) is 4.79 Å². The molecule has 182 valence electrons. The third-order valence-corrected chi connectivity index (χ3v) is 6.06. The van der Waals surface area contributed by atoms with Gasteiger partial charge >= 0.3 is 11.5 Å². The zero-order valence-electron chi connectivity index (χ0n) is 18.5. The molecule has 1 aliphatic heterocycles. The first-order chi connectivity index (χ1) is 16.4. The number of imide groups is 1. The average Bonchev–Trinajstić information content (AvgIpc) is 2.95. The predicted molar refractivity (Wildman–Crippen MR) is 123 cm³/mol. The first-order valence-electron chi connectivity index (χ1n) is 10.3. The summed E-state index contributed by atoms with van der Waals surface area (Å²) in [5.74, 6) is -0.681. The number of carbonyl (C=O) groups excluding carboxylic acids is 2. The summed E-state index contributed by atoms with van der Waals surface area (Å²) in [4.78, 5) is 36.4. The Bertz CT molecular complexity index is 1250. The van der Waals surface area contributed by atoms with Gasteiger partial charge in [-0.05, 0) is 79.7 Å². The maximum Gasteiger partial charge on any atom is 0.446 e. The summed E-state index contributed by atoms with van der Waals surface area (Å²) in [6, 6.07) is 10.5. The molecule has 3 heterocycles. The molecule has 1 fully saturated rings. The van der Waals surface area contributed by atoms with Gasteiger partial charge in [-0.1, -0.05) is 0 Å². The fraction of sp³-hybridized carbons (Fsp3) is 0.217. The summed E-state index contributed by atoms with van der Waals surface area (Å²) in [5, 5.41) is 2.99. The van der Waals surface area contributed by atoms with E-state index in [4.69, 9.17) is 0 Å². The van der Waals surface area contributed by atoms with Gasteiger partial charge in [0.15, 0.2) is 0 Å². The van der Waals surface area contributed by atoms with Crippen molar-refractivity contribution in [1.29, 1.82) is 0 Å². The van der Waals surface area contributed by atoms with Gasteiger partial charge in [-0.25, -0.2) is 19.7 Å². The Morgan fingerprint density at radius 1 is 1.03 bits per heavy atom. The molecule has 3 amide bonds. The molecule has 35 heavy (non-hydrogen) atoms. The molecule has 4 rings (SSSR count). The summed E-state index contributed by atoms with van der Waals surface area (Å²) in [6.07, 6.45) is 2.84. The third-order valence-electron chi connectivity index (χ3n) is 5.32. The number of hydrogen-bond donors (Lipinski definition) is 1. The number of alkyl halides is 3. The molecule has 0 unspecified atom stereocenters. The van der Waals surface area contributed by atoms with Gasteiger partial charge in [-0.15, -0.1) is 0 Å². The van der Waals surface area contributed by atoms with Gasteiger partial charge < -0.3 is 10.2 Å². The van der Waals surface area contributed by atoms with Crippen LogP contribution in [-0.2, 0) is 11.3 Å². The summed E-state index contributed by atoms with van der Waals surface area (Å²) < 4.78 is 50.8. The molecule has 0 saturated carbocycles. The first kappa shape index (κ1) is 24.5. The van der Waals surface area contributed by atoms with Crippen LogP contribution in [0.1, 0.15) is 19.4 Å². The van der Waals surface area contributed by atoms with Crippen molar-refractivity contribution in [2.45, 2.75) is 36.3 Å². The molecule has 0 radical (unpaired) electrons. The van der Waals surface area contributed by atoms with E-state index in [-0.39, 0.29) is 28.9 Å². The van der Waals surface area contributed by atoms with Crippen LogP contribution in [0.15, 0.2) is 65.8 Å². The Morgan fingerprint density at radius 3 is 2.37 bits per heavy atom. The number of nitrogens with zero attached hydrogens (tertiary/aromatic N) is 4. The molecule has 2 aromatic heterocycles. The lowest BCUT2D eigenvalue weighted by Gasteiger charge is -2.27. The van der Waals surface area contributed by atoms with E-state index in [0.717, 1.165) is 4.90 Å². The number of benzene rings is 1. The smallest absolute Gasteiger partial charge is 0.339 e. The molecular formula is C23H19F4N5O2S. The third kappa shape index (κ3) is 5.37. The zero-order chi connectivity index (χ0) is 25.4. The van der Waals surface area contributed by atoms with Crippen LogP contribution in [0.4, 0.5) is 39.5 Å². The van der Waals surface area contributed by atoms with Gasteiger partial charge in [0, 0.05) is 17.6 Å². The SMILES string of the molecule is CC1(C)C(=O)N(c2ccc(SC(F)(F)F)cc2)C(=O)N1Cc1ccnc(Nc2ccc(F)nc2)c1. The molecule has 0 atom stereocenters. The lowest BCUT2D eigenvalue weighted by atomic mass is 10.0. The number of urea groups is 1. The lowest BCUT2D eigenvalue weighted by molar-refractivity contribution is -0.123. The molecule has 3 aromatic rings. The highest BCUT2D eigenvalue weighted by Crippen LogP contribution is 2.39. The van der Waals surface area contributed by atoms with E-state index in [9.17, 15) is 27.2 Å². The maximum absolute atomic E-state index is 13.2. The van der Waals surface area contributed by atoms with E-state index in [1.54, 1.807) is 26.0 Å². The molecule has 0 aliphatic carbocycles. The van der Waals surface area contributed by atoms with Crippen molar-refractivity contribution in [3.8, 4) is 0 Å². The number of pyridine rings is 2. The van der Waals surface area contributed by atoms with E-state index in [1.807, 2.05) is 0 Å². The topological polar surface area (TPSA) is 78.4 Å². The van der Waals surface area contributed by atoms with Gasteiger partial charge in [0.05, 0.1) is 17.6 Å². The second-order valence-corrected chi connectivity index (χ2v) is 9.29. The van der Waals surface area contributed by atoms with Crippen molar-refractivity contribution in [2.75, 3.05) is 10.2 Å². The average molecular weight is 505 g/mol. The maximum atomic E-state index is 13.2. The molecule has 0 bridgehead atoms. The highest BCUT2D eigenvalue weighted by Gasteiger charge is 2.51. The fourth-order valence-electron chi connectivity index (χ4n) is 3.55. The molecular weight excluding hydrogens is 486 g/mol. The molecule has 12 heteroatoms. The van der Waals surface area contributed by atoms with Gasteiger partial charge in [-0.2, -0.15) is 17.6 Å². The largest absolute Gasteiger partial charge is 0.446 e. The van der Waals surface area contributed by atoms with Crippen LogP contribution in [0.5, 0.6) is 0 Å². The lowest BCUT2D eigenvalue weighted by Crippen LogP contribution is -2.43. The van der Waals surface area contributed by atoms with E-state index >= 15 is 0 Å². The molecule has 1 aliphatic rings. The Morgan fingerprint density at radius 2 is 1.74 bits per heavy atom. The monoisotopic (exact) mass is 505 g/mol. The first-order valence-corrected chi connectivity index (χ1v) is 11.1. The number of rotatable bonds is 6. The molecule has 1 N–H and O–H groups in total. The van der Waals surface area contributed by atoms with Crippen molar-refractivity contribution >= 4 is 40.9 Å².